The number of carbonyl (C=O) groups is 2. The van der Waals surface area contributed by atoms with Crippen molar-refractivity contribution in [3.8, 4) is 0 Å². The molecule has 2 fully saturated rings. The highest BCUT2D eigenvalue weighted by Gasteiger charge is 2.45. The number of likely N-dealkylation sites (tertiary alicyclic amines) is 1. The van der Waals surface area contributed by atoms with Gasteiger partial charge in [-0.15, -0.1) is 0 Å². The fourth-order valence-corrected chi connectivity index (χ4v) is 3.22. The van der Waals surface area contributed by atoms with Gasteiger partial charge in [-0.3, -0.25) is 14.5 Å². The van der Waals surface area contributed by atoms with Gasteiger partial charge in [0.1, 0.15) is 0 Å². The van der Waals surface area contributed by atoms with E-state index in [0.29, 0.717) is 12.5 Å². The first-order chi connectivity index (χ1) is 9.12. The van der Waals surface area contributed by atoms with E-state index < -0.39 is 0 Å². The summed E-state index contributed by atoms with van der Waals surface area (Å²) in [6, 6.07) is 0.278. The zero-order valence-electron chi connectivity index (χ0n) is 12.3. The van der Waals surface area contributed by atoms with Crippen LogP contribution in [0.4, 0.5) is 0 Å². The molecular weight excluding hydrogens is 240 g/mol. The lowest BCUT2D eigenvalue weighted by molar-refractivity contribution is -0.141. The van der Waals surface area contributed by atoms with Gasteiger partial charge in [0.25, 0.3) is 0 Å². The molecule has 3 unspecified atom stereocenters. The van der Waals surface area contributed by atoms with Crippen molar-refractivity contribution < 1.29 is 9.59 Å². The summed E-state index contributed by atoms with van der Waals surface area (Å²) in [5.41, 5.74) is 0. The molecule has 1 heterocycles. The fourth-order valence-electron chi connectivity index (χ4n) is 3.22. The van der Waals surface area contributed by atoms with Crippen LogP contribution in [-0.2, 0) is 9.59 Å². The lowest BCUT2D eigenvalue weighted by Gasteiger charge is -2.24. The summed E-state index contributed by atoms with van der Waals surface area (Å²) in [7, 11) is 0. The van der Waals surface area contributed by atoms with E-state index in [0.717, 1.165) is 25.2 Å². The molecular formula is C15H26N2O2. The molecule has 108 valence electrons. The maximum atomic E-state index is 12.3. The van der Waals surface area contributed by atoms with Crippen LogP contribution in [0.1, 0.15) is 59.3 Å². The average molecular weight is 266 g/mol. The SMILES string of the molecule is CCCC1CC1NC1CC(=O)N(C(CC)CC)C1=O. The molecule has 19 heavy (non-hydrogen) atoms. The Morgan fingerprint density at radius 3 is 2.53 bits per heavy atom. The molecule has 1 aliphatic carbocycles. The largest absolute Gasteiger partial charge is 0.302 e. The van der Waals surface area contributed by atoms with E-state index in [1.807, 2.05) is 13.8 Å². The Labute approximate surface area is 115 Å². The van der Waals surface area contributed by atoms with Gasteiger partial charge in [0.15, 0.2) is 0 Å². The minimum absolute atomic E-state index is 0.000786. The lowest BCUT2D eigenvalue weighted by atomic mass is 10.1. The van der Waals surface area contributed by atoms with E-state index in [1.54, 1.807) is 0 Å². The summed E-state index contributed by atoms with van der Waals surface area (Å²) in [6.07, 6.45) is 5.63. The van der Waals surface area contributed by atoms with Crippen LogP contribution < -0.4 is 5.32 Å². The smallest absolute Gasteiger partial charge is 0.247 e. The Balaban J connectivity index is 1.91. The van der Waals surface area contributed by atoms with Gasteiger partial charge in [0.2, 0.25) is 11.8 Å². The molecule has 0 radical (unpaired) electrons. The van der Waals surface area contributed by atoms with E-state index >= 15 is 0 Å². The zero-order chi connectivity index (χ0) is 14.0. The maximum Gasteiger partial charge on any atom is 0.247 e. The number of nitrogens with zero attached hydrogens (tertiary/aromatic N) is 1. The molecule has 4 nitrogen and oxygen atoms in total. The molecule has 1 saturated carbocycles. The molecule has 0 bridgehead atoms. The maximum absolute atomic E-state index is 12.3. The van der Waals surface area contributed by atoms with E-state index in [1.165, 1.54) is 17.7 Å². The molecule has 2 rings (SSSR count). The van der Waals surface area contributed by atoms with E-state index in [-0.39, 0.29) is 23.9 Å². The molecule has 1 N–H and O–H groups in total. The number of amides is 2. The zero-order valence-corrected chi connectivity index (χ0v) is 12.3. The van der Waals surface area contributed by atoms with Crippen LogP contribution >= 0.6 is 0 Å². The van der Waals surface area contributed by atoms with Gasteiger partial charge in [-0.25, -0.2) is 0 Å². The number of rotatable bonds is 7. The predicted octanol–water partition coefficient (Wildman–Crippen LogP) is 2.08. The third kappa shape index (κ3) is 2.99. The van der Waals surface area contributed by atoms with Crippen molar-refractivity contribution in [3.63, 3.8) is 0 Å². The summed E-state index contributed by atoms with van der Waals surface area (Å²) in [6.45, 7) is 6.26. The number of hydrogen-bond donors (Lipinski definition) is 1. The fraction of sp³-hybridized carbons (Fsp3) is 0.867. The molecule has 0 aromatic rings. The van der Waals surface area contributed by atoms with Gasteiger partial charge < -0.3 is 5.32 Å². The topological polar surface area (TPSA) is 49.4 Å². The third-order valence-corrected chi connectivity index (χ3v) is 4.49. The predicted molar refractivity (Wildman–Crippen MR) is 74.6 cm³/mol. The Morgan fingerprint density at radius 2 is 1.95 bits per heavy atom. The molecule has 1 aliphatic heterocycles. The van der Waals surface area contributed by atoms with E-state index in [9.17, 15) is 9.59 Å². The van der Waals surface area contributed by atoms with Crippen LogP contribution in [-0.4, -0.2) is 34.8 Å². The quantitative estimate of drug-likeness (QED) is 0.718. The van der Waals surface area contributed by atoms with Crippen LogP contribution in [0.2, 0.25) is 0 Å². The first-order valence-electron chi connectivity index (χ1n) is 7.74. The molecule has 1 saturated heterocycles. The van der Waals surface area contributed by atoms with Gasteiger partial charge in [0, 0.05) is 12.1 Å². The molecule has 2 aliphatic rings. The highest BCUT2D eigenvalue weighted by Crippen LogP contribution is 2.36. The standard InChI is InChI=1S/C15H26N2O2/c1-4-7-10-8-12(10)16-13-9-14(18)17(15(13)19)11(5-2)6-3/h10-13,16H,4-9H2,1-3H3. The van der Waals surface area contributed by atoms with Crippen LogP contribution in [0.25, 0.3) is 0 Å². The van der Waals surface area contributed by atoms with Crippen molar-refractivity contribution in [2.45, 2.75) is 77.4 Å². The Morgan fingerprint density at radius 1 is 1.26 bits per heavy atom. The van der Waals surface area contributed by atoms with Gasteiger partial charge >= 0.3 is 0 Å². The van der Waals surface area contributed by atoms with Crippen LogP contribution in [0.3, 0.4) is 0 Å². The second-order valence-corrected chi connectivity index (χ2v) is 5.89. The van der Waals surface area contributed by atoms with Gasteiger partial charge in [-0.05, 0) is 31.6 Å². The van der Waals surface area contributed by atoms with Gasteiger partial charge in [-0.2, -0.15) is 0 Å². The molecule has 2 amide bonds. The van der Waals surface area contributed by atoms with Crippen molar-refractivity contribution in [1.29, 1.82) is 0 Å². The monoisotopic (exact) mass is 266 g/mol. The Hall–Kier alpha value is -0.900. The summed E-state index contributed by atoms with van der Waals surface area (Å²) >= 11 is 0. The van der Waals surface area contributed by atoms with Crippen LogP contribution in [0.5, 0.6) is 0 Å². The Kier molecular flexibility index (Phi) is 4.61. The second kappa shape index (κ2) is 6.04. The average Bonchev–Trinajstić information content (AvgIpc) is 3.05. The molecule has 0 aromatic carbocycles. The first-order valence-corrected chi connectivity index (χ1v) is 7.74. The highest BCUT2D eigenvalue weighted by molar-refractivity contribution is 6.05. The molecule has 4 heteroatoms. The van der Waals surface area contributed by atoms with Crippen molar-refractivity contribution in [1.82, 2.24) is 10.2 Å². The lowest BCUT2D eigenvalue weighted by Crippen LogP contribution is -2.44. The minimum Gasteiger partial charge on any atom is -0.302 e. The van der Waals surface area contributed by atoms with Crippen molar-refractivity contribution in [3.05, 3.63) is 0 Å². The second-order valence-electron chi connectivity index (χ2n) is 5.89. The minimum atomic E-state index is -0.264. The summed E-state index contributed by atoms with van der Waals surface area (Å²) in [5.74, 6) is 0.722. The first kappa shape index (κ1) is 14.5. The van der Waals surface area contributed by atoms with Gasteiger partial charge in [-0.1, -0.05) is 27.2 Å². The molecule has 3 atom stereocenters. The molecule has 0 spiro atoms. The number of nitrogens with one attached hydrogen (secondary N) is 1. The number of hydrogen-bond acceptors (Lipinski definition) is 3. The molecule has 0 aromatic heterocycles. The van der Waals surface area contributed by atoms with Gasteiger partial charge in [0.05, 0.1) is 12.5 Å². The number of imide groups is 1. The highest BCUT2D eigenvalue weighted by atomic mass is 16.2. The van der Waals surface area contributed by atoms with E-state index in [2.05, 4.69) is 12.2 Å². The summed E-state index contributed by atoms with van der Waals surface area (Å²) in [5, 5.41) is 3.39. The van der Waals surface area contributed by atoms with E-state index in [4.69, 9.17) is 0 Å². The van der Waals surface area contributed by atoms with Crippen LogP contribution in [0, 0.1) is 5.92 Å². The summed E-state index contributed by atoms with van der Waals surface area (Å²) < 4.78 is 0. The number of carbonyl (C=O) groups excluding carboxylic acids is 2. The third-order valence-electron chi connectivity index (χ3n) is 4.49. The van der Waals surface area contributed by atoms with Crippen LogP contribution in [0.15, 0.2) is 0 Å². The summed E-state index contributed by atoms with van der Waals surface area (Å²) in [4.78, 5) is 25.9. The van der Waals surface area contributed by atoms with Crippen molar-refractivity contribution in [2.75, 3.05) is 0 Å². The van der Waals surface area contributed by atoms with Crippen molar-refractivity contribution in [2.24, 2.45) is 5.92 Å². The normalized spacial score (nSPS) is 30.5. The Bertz CT molecular complexity index is 352. The van der Waals surface area contributed by atoms with Crippen molar-refractivity contribution >= 4 is 11.8 Å².